The molecule has 0 saturated heterocycles. The fourth-order valence-electron chi connectivity index (χ4n) is 2.53. The molecule has 2 aromatic carbocycles. The summed E-state index contributed by atoms with van der Waals surface area (Å²) in [6.07, 6.45) is 1.52. The van der Waals surface area contributed by atoms with Crippen molar-refractivity contribution in [2.24, 2.45) is 5.10 Å². The number of nitrogens with two attached hydrogens (primary N) is 1. The van der Waals surface area contributed by atoms with Crippen LogP contribution in [0, 0.1) is 6.92 Å². The molecule has 0 spiro atoms. The molecule has 1 aromatic heterocycles. The van der Waals surface area contributed by atoms with Crippen molar-refractivity contribution in [3.63, 3.8) is 0 Å². The molecule has 1 amide bonds. The van der Waals surface area contributed by atoms with Crippen LogP contribution in [0.4, 0.5) is 5.13 Å². The third-order valence-electron chi connectivity index (χ3n) is 3.95. The minimum Gasteiger partial charge on any atom is -0.493 e. The maximum Gasteiger partial charge on any atom is 0.283 e. The van der Waals surface area contributed by atoms with Gasteiger partial charge in [-0.1, -0.05) is 39.4 Å². The fraction of sp³-hybridized carbons (Fsp3) is 0.150. The summed E-state index contributed by atoms with van der Waals surface area (Å²) < 4.78 is 13.1. The number of aryl methyl sites for hydroxylation is 1. The molecule has 156 valence electrons. The molecule has 30 heavy (non-hydrogen) atoms. The van der Waals surface area contributed by atoms with Crippen LogP contribution in [0.5, 0.6) is 11.5 Å². The summed E-state index contributed by atoms with van der Waals surface area (Å²) in [5.74, 6) is 0.760. The first-order valence-electron chi connectivity index (χ1n) is 8.68. The Bertz CT molecular complexity index is 1080. The van der Waals surface area contributed by atoms with Crippen molar-refractivity contribution >= 4 is 60.5 Å². The van der Waals surface area contributed by atoms with Gasteiger partial charge >= 0.3 is 0 Å². The SMILES string of the molecule is COc1cc(C=NNC(=O)c2sc(N)nc2C)cc(Br)c1OCc1ccc(Br)cc1. The molecule has 0 radical (unpaired) electrons. The summed E-state index contributed by atoms with van der Waals surface area (Å²) in [7, 11) is 1.56. The number of methoxy groups -OCH3 is 1. The van der Waals surface area contributed by atoms with Gasteiger partial charge in [0.1, 0.15) is 11.5 Å². The van der Waals surface area contributed by atoms with E-state index in [0.717, 1.165) is 26.9 Å². The minimum atomic E-state index is -0.363. The third kappa shape index (κ3) is 5.59. The van der Waals surface area contributed by atoms with E-state index in [1.807, 2.05) is 30.3 Å². The van der Waals surface area contributed by atoms with Gasteiger partial charge in [-0.05, 0) is 58.2 Å². The van der Waals surface area contributed by atoms with E-state index in [1.165, 1.54) is 6.21 Å². The highest BCUT2D eigenvalue weighted by Crippen LogP contribution is 2.37. The number of anilines is 1. The van der Waals surface area contributed by atoms with Gasteiger partial charge in [-0.25, -0.2) is 10.4 Å². The van der Waals surface area contributed by atoms with E-state index < -0.39 is 0 Å². The number of carbonyl (C=O) groups excluding carboxylic acids is 1. The zero-order valence-corrected chi connectivity index (χ0v) is 20.1. The van der Waals surface area contributed by atoms with Crippen molar-refractivity contribution in [3.05, 3.63) is 67.0 Å². The first kappa shape index (κ1) is 22.3. The number of aromatic nitrogens is 1. The second kappa shape index (κ2) is 10.1. The first-order valence-corrected chi connectivity index (χ1v) is 11.1. The average Bonchev–Trinajstić information content (AvgIpc) is 3.06. The molecule has 0 fully saturated rings. The number of nitrogens with zero attached hydrogens (tertiary/aromatic N) is 2. The molecule has 10 heteroatoms. The maximum absolute atomic E-state index is 12.2. The number of hydrogen-bond acceptors (Lipinski definition) is 7. The van der Waals surface area contributed by atoms with Gasteiger partial charge in [0.15, 0.2) is 16.6 Å². The predicted molar refractivity (Wildman–Crippen MR) is 125 cm³/mol. The van der Waals surface area contributed by atoms with Gasteiger partial charge in [-0.15, -0.1) is 0 Å². The van der Waals surface area contributed by atoms with Crippen LogP contribution >= 0.6 is 43.2 Å². The maximum atomic E-state index is 12.2. The van der Waals surface area contributed by atoms with Gasteiger partial charge in [0.2, 0.25) is 0 Å². The molecule has 7 nitrogen and oxygen atoms in total. The number of ether oxygens (including phenoxy) is 2. The molecule has 0 aliphatic carbocycles. The van der Waals surface area contributed by atoms with Gasteiger partial charge in [0.25, 0.3) is 5.91 Å². The number of halogens is 2. The molecular formula is C20H18Br2N4O3S. The molecule has 0 saturated carbocycles. The highest BCUT2D eigenvalue weighted by Gasteiger charge is 2.14. The fourth-order valence-corrected chi connectivity index (χ4v) is 4.10. The van der Waals surface area contributed by atoms with Gasteiger partial charge in [-0.3, -0.25) is 4.79 Å². The molecule has 3 N–H and O–H groups in total. The Labute approximate surface area is 194 Å². The molecule has 0 unspecified atom stereocenters. The van der Waals surface area contributed by atoms with Crippen LogP contribution in [0.1, 0.15) is 26.5 Å². The van der Waals surface area contributed by atoms with E-state index in [4.69, 9.17) is 15.2 Å². The Morgan fingerprint density at radius 1 is 1.30 bits per heavy atom. The zero-order valence-electron chi connectivity index (χ0n) is 16.1. The second-order valence-corrected chi connectivity index (χ2v) is 8.92. The third-order valence-corrected chi connectivity index (χ3v) is 6.05. The molecule has 3 rings (SSSR count). The minimum absolute atomic E-state index is 0.342. The number of hydrazone groups is 1. The van der Waals surface area contributed by atoms with Crippen molar-refractivity contribution in [2.75, 3.05) is 12.8 Å². The quantitative estimate of drug-likeness (QED) is 0.320. The number of rotatable bonds is 7. The van der Waals surface area contributed by atoms with Crippen molar-refractivity contribution in [1.29, 1.82) is 0 Å². The largest absolute Gasteiger partial charge is 0.493 e. The monoisotopic (exact) mass is 552 g/mol. The Hall–Kier alpha value is -2.43. The van der Waals surface area contributed by atoms with Crippen LogP contribution in [-0.2, 0) is 6.61 Å². The summed E-state index contributed by atoms with van der Waals surface area (Å²) in [4.78, 5) is 16.6. The van der Waals surface area contributed by atoms with Crippen LogP contribution in [0.25, 0.3) is 0 Å². The molecule has 0 aliphatic heterocycles. The number of thiazole rings is 1. The van der Waals surface area contributed by atoms with E-state index in [2.05, 4.69) is 47.4 Å². The molecule has 3 aromatic rings. The van der Waals surface area contributed by atoms with Gasteiger partial charge in [-0.2, -0.15) is 5.10 Å². The van der Waals surface area contributed by atoms with Crippen molar-refractivity contribution in [1.82, 2.24) is 10.4 Å². The molecular weight excluding hydrogens is 536 g/mol. The van der Waals surface area contributed by atoms with Crippen LogP contribution in [0.2, 0.25) is 0 Å². The average molecular weight is 554 g/mol. The molecule has 1 heterocycles. The lowest BCUT2D eigenvalue weighted by Crippen LogP contribution is -2.17. The Kier molecular flexibility index (Phi) is 7.46. The van der Waals surface area contributed by atoms with E-state index in [9.17, 15) is 4.79 Å². The summed E-state index contributed by atoms with van der Waals surface area (Å²) in [5, 5.41) is 4.35. The van der Waals surface area contributed by atoms with Crippen molar-refractivity contribution in [3.8, 4) is 11.5 Å². The van der Waals surface area contributed by atoms with Crippen LogP contribution in [0.15, 0.2) is 50.4 Å². The topological polar surface area (TPSA) is 98.8 Å². The summed E-state index contributed by atoms with van der Waals surface area (Å²) in [5.41, 5.74) is 10.4. The van der Waals surface area contributed by atoms with Crippen LogP contribution < -0.4 is 20.6 Å². The number of amides is 1. The van der Waals surface area contributed by atoms with Gasteiger partial charge in [0.05, 0.1) is 23.5 Å². The summed E-state index contributed by atoms with van der Waals surface area (Å²) in [6.45, 7) is 2.11. The lowest BCUT2D eigenvalue weighted by atomic mass is 10.2. The van der Waals surface area contributed by atoms with Gasteiger partial charge in [0, 0.05) is 4.47 Å². The molecule has 0 bridgehead atoms. The number of nitrogens with one attached hydrogen (secondary N) is 1. The number of nitrogen functional groups attached to an aromatic ring is 1. The van der Waals surface area contributed by atoms with Crippen molar-refractivity contribution < 1.29 is 14.3 Å². The second-order valence-electron chi connectivity index (χ2n) is 6.12. The molecule has 0 atom stereocenters. The first-order chi connectivity index (χ1) is 14.4. The lowest BCUT2D eigenvalue weighted by Gasteiger charge is -2.13. The van der Waals surface area contributed by atoms with E-state index in [1.54, 1.807) is 20.1 Å². The van der Waals surface area contributed by atoms with E-state index >= 15 is 0 Å². The number of carbonyl (C=O) groups is 1. The highest BCUT2D eigenvalue weighted by molar-refractivity contribution is 9.10. The van der Waals surface area contributed by atoms with Crippen molar-refractivity contribution in [2.45, 2.75) is 13.5 Å². The predicted octanol–water partition coefficient (Wildman–Crippen LogP) is 4.91. The number of hydrogen-bond donors (Lipinski definition) is 2. The molecule has 0 aliphatic rings. The lowest BCUT2D eigenvalue weighted by molar-refractivity contribution is 0.0958. The Morgan fingerprint density at radius 2 is 2.03 bits per heavy atom. The number of benzene rings is 2. The highest BCUT2D eigenvalue weighted by atomic mass is 79.9. The Morgan fingerprint density at radius 3 is 2.67 bits per heavy atom. The smallest absolute Gasteiger partial charge is 0.283 e. The summed E-state index contributed by atoms with van der Waals surface area (Å²) >= 11 is 8.05. The zero-order chi connectivity index (χ0) is 21.7. The summed E-state index contributed by atoms with van der Waals surface area (Å²) in [6, 6.07) is 11.5. The van der Waals surface area contributed by atoms with E-state index in [0.29, 0.717) is 38.3 Å². The normalized spacial score (nSPS) is 10.9. The van der Waals surface area contributed by atoms with E-state index in [-0.39, 0.29) is 5.91 Å². The van der Waals surface area contributed by atoms with Crippen LogP contribution in [0.3, 0.4) is 0 Å². The van der Waals surface area contributed by atoms with Crippen LogP contribution in [-0.4, -0.2) is 24.2 Å². The van der Waals surface area contributed by atoms with Gasteiger partial charge < -0.3 is 15.2 Å². The Balaban J connectivity index is 1.69. The standard InChI is InChI=1S/C20H18Br2N4O3S/c1-11-18(30-20(23)25-11)19(27)26-24-9-13-7-15(22)17(16(8-13)28-2)29-10-12-3-5-14(21)6-4-12/h3-9H,10H2,1-2H3,(H2,23,25)(H,26,27).